The lowest BCUT2D eigenvalue weighted by Crippen LogP contribution is -2.42. The molecular formula is C28H33FN2O2. The minimum Gasteiger partial charge on any atom is -0.387 e. The van der Waals surface area contributed by atoms with E-state index in [0.717, 1.165) is 38.3 Å². The van der Waals surface area contributed by atoms with Gasteiger partial charge in [0.1, 0.15) is 5.82 Å². The third-order valence-corrected chi connectivity index (χ3v) is 6.60. The highest BCUT2D eigenvalue weighted by molar-refractivity contribution is 5.17. The highest BCUT2D eigenvalue weighted by atomic mass is 19.1. The van der Waals surface area contributed by atoms with Gasteiger partial charge in [0, 0.05) is 24.3 Å². The van der Waals surface area contributed by atoms with Gasteiger partial charge < -0.3 is 15.2 Å². The van der Waals surface area contributed by atoms with Crippen LogP contribution in [0.2, 0.25) is 0 Å². The summed E-state index contributed by atoms with van der Waals surface area (Å²) in [5.74, 6) is 0.0702. The number of rotatable bonds is 10. The molecule has 33 heavy (non-hydrogen) atoms. The molecule has 4 rings (SSSR count). The van der Waals surface area contributed by atoms with Crippen LogP contribution in [0.3, 0.4) is 0 Å². The molecule has 4 nitrogen and oxygen atoms in total. The summed E-state index contributed by atoms with van der Waals surface area (Å²) in [5.41, 5.74) is 2.99. The van der Waals surface area contributed by atoms with E-state index in [1.807, 2.05) is 24.3 Å². The van der Waals surface area contributed by atoms with E-state index in [-0.39, 0.29) is 6.04 Å². The van der Waals surface area contributed by atoms with Gasteiger partial charge in [0.05, 0.1) is 25.0 Å². The lowest BCUT2D eigenvalue weighted by atomic mass is 9.80. The van der Waals surface area contributed by atoms with Crippen molar-refractivity contribution in [2.24, 2.45) is 5.92 Å². The average Bonchev–Trinajstić information content (AvgIpc) is 2.87. The summed E-state index contributed by atoms with van der Waals surface area (Å²) in [5, 5.41) is 14.2. The van der Waals surface area contributed by atoms with Crippen LogP contribution >= 0.6 is 0 Å². The van der Waals surface area contributed by atoms with E-state index >= 15 is 0 Å². The Kier molecular flexibility index (Phi) is 8.59. The average molecular weight is 449 g/mol. The van der Waals surface area contributed by atoms with E-state index in [9.17, 15) is 9.50 Å². The zero-order valence-corrected chi connectivity index (χ0v) is 18.9. The molecule has 2 N–H and O–H groups in total. The number of pyridine rings is 1. The van der Waals surface area contributed by atoms with Crippen molar-refractivity contribution in [3.8, 4) is 0 Å². The molecule has 1 fully saturated rings. The molecule has 0 bridgehead atoms. The van der Waals surface area contributed by atoms with E-state index in [1.165, 1.54) is 23.4 Å². The summed E-state index contributed by atoms with van der Waals surface area (Å²) in [6.45, 7) is 1.03. The van der Waals surface area contributed by atoms with Gasteiger partial charge in [-0.3, -0.25) is 4.98 Å². The smallest absolute Gasteiger partial charge is 0.141 e. The second kappa shape index (κ2) is 12.0. The molecule has 5 heteroatoms. The lowest BCUT2D eigenvalue weighted by Gasteiger charge is -2.35. The Bertz CT molecular complexity index is 962. The standard InChI is InChI=1S/C28H33FN2O2/c29-25-16-24(17-30-18-25)28(32)19-31-27(15-21-7-3-1-4-8-21)23-11-13-26(14-12-23)33-20-22-9-5-2-6-10-22/h1-10,16-18,23,26-28,31-32H,11-15,19-20H2/t23?,26?,27-,28+/m1/s1. The minimum absolute atomic E-state index is 0.235. The van der Waals surface area contributed by atoms with E-state index in [1.54, 1.807) is 0 Å². The van der Waals surface area contributed by atoms with Crippen molar-refractivity contribution in [2.45, 2.75) is 57.0 Å². The first kappa shape index (κ1) is 23.6. The SMILES string of the molecule is O[C@@H](CN[C@H](Cc1ccccc1)C1CCC(OCc2ccccc2)CC1)c1cncc(F)c1. The fourth-order valence-corrected chi connectivity index (χ4v) is 4.71. The van der Waals surface area contributed by atoms with Crippen LogP contribution in [0, 0.1) is 11.7 Å². The molecule has 3 aromatic rings. The second-order valence-electron chi connectivity index (χ2n) is 8.99. The van der Waals surface area contributed by atoms with Crippen molar-refractivity contribution in [2.75, 3.05) is 6.54 Å². The van der Waals surface area contributed by atoms with Crippen LogP contribution in [0.15, 0.2) is 79.1 Å². The number of hydrogen-bond donors (Lipinski definition) is 2. The van der Waals surface area contributed by atoms with Gasteiger partial charge in [0.15, 0.2) is 0 Å². The van der Waals surface area contributed by atoms with Gasteiger partial charge in [-0.05, 0) is 55.2 Å². The fourth-order valence-electron chi connectivity index (χ4n) is 4.71. The molecule has 2 atom stereocenters. The van der Waals surface area contributed by atoms with Crippen molar-refractivity contribution in [3.05, 3.63) is 102 Å². The van der Waals surface area contributed by atoms with Crippen molar-refractivity contribution >= 4 is 0 Å². The number of benzene rings is 2. The molecule has 1 aromatic heterocycles. The summed E-state index contributed by atoms with van der Waals surface area (Å²) in [6, 6.07) is 22.4. The van der Waals surface area contributed by atoms with Gasteiger partial charge in [-0.2, -0.15) is 0 Å². The molecule has 0 unspecified atom stereocenters. The van der Waals surface area contributed by atoms with Gasteiger partial charge in [-0.25, -0.2) is 4.39 Å². The van der Waals surface area contributed by atoms with Crippen LogP contribution in [0.5, 0.6) is 0 Å². The van der Waals surface area contributed by atoms with Crippen LogP contribution < -0.4 is 5.32 Å². The maximum Gasteiger partial charge on any atom is 0.141 e. The Morgan fingerprint density at radius 2 is 1.61 bits per heavy atom. The highest BCUT2D eigenvalue weighted by Crippen LogP contribution is 2.31. The van der Waals surface area contributed by atoms with Crippen LogP contribution in [-0.4, -0.2) is 28.8 Å². The normalized spacial score (nSPS) is 20.3. The van der Waals surface area contributed by atoms with E-state index in [2.05, 4.69) is 46.7 Å². The van der Waals surface area contributed by atoms with Crippen LogP contribution in [0.4, 0.5) is 4.39 Å². The number of hydrogen-bond acceptors (Lipinski definition) is 4. The van der Waals surface area contributed by atoms with Gasteiger partial charge in [0.25, 0.3) is 0 Å². The summed E-state index contributed by atoms with van der Waals surface area (Å²) in [4.78, 5) is 3.86. The molecule has 1 heterocycles. The fraction of sp³-hybridized carbons (Fsp3) is 0.393. The number of ether oxygens (including phenoxy) is 1. The van der Waals surface area contributed by atoms with E-state index < -0.39 is 11.9 Å². The van der Waals surface area contributed by atoms with E-state index in [4.69, 9.17) is 4.74 Å². The number of halogens is 1. The summed E-state index contributed by atoms with van der Waals surface area (Å²) < 4.78 is 19.7. The molecule has 1 aliphatic carbocycles. The molecule has 0 aliphatic heterocycles. The first-order chi connectivity index (χ1) is 16.2. The summed E-state index contributed by atoms with van der Waals surface area (Å²) in [7, 11) is 0. The van der Waals surface area contributed by atoms with Crippen LogP contribution in [0.25, 0.3) is 0 Å². The largest absolute Gasteiger partial charge is 0.387 e. The van der Waals surface area contributed by atoms with Crippen molar-refractivity contribution in [1.82, 2.24) is 10.3 Å². The second-order valence-corrected chi connectivity index (χ2v) is 8.99. The zero-order chi connectivity index (χ0) is 22.9. The van der Waals surface area contributed by atoms with Crippen molar-refractivity contribution < 1.29 is 14.2 Å². The van der Waals surface area contributed by atoms with Crippen molar-refractivity contribution in [1.29, 1.82) is 0 Å². The highest BCUT2D eigenvalue weighted by Gasteiger charge is 2.28. The maximum atomic E-state index is 13.5. The molecule has 0 spiro atoms. The number of aliphatic hydroxyl groups excluding tert-OH is 1. The number of aliphatic hydroxyl groups is 1. The topological polar surface area (TPSA) is 54.4 Å². The molecule has 2 aromatic carbocycles. The first-order valence-corrected chi connectivity index (χ1v) is 11.9. The predicted octanol–water partition coefficient (Wildman–Crippen LogP) is 5.23. The van der Waals surface area contributed by atoms with Crippen LogP contribution in [0.1, 0.15) is 48.5 Å². The predicted molar refractivity (Wildman–Crippen MR) is 128 cm³/mol. The Morgan fingerprint density at radius 1 is 0.939 bits per heavy atom. The van der Waals surface area contributed by atoms with E-state index in [0.29, 0.717) is 30.7 Å². The first-order valence-electron chi connectivity index (χ1n) is 11.9. The molecular weight excluding hydrogens is 415 g/mol. The van der Waals surface area contributed by atoms with Gasteiger partial charge in [0.2, 0.25) is 0 Å². The lowest BCUT2D eigenvalue weighted by molar-refractivity contribution is 0.00275. The Labute approximate surface area is 195 Å². The van der Waals surface area contributed by atoms with Crippen molar-refractivity contribution in [3.63, 3.8) is 0 Å². The Morgan fingerprint density at radius 3 is 2.27 bits per heavy atom. The summed E-state index contributed by atoms with van der Waals surface area (Å²) in [6.07, 6.45) is 7.33. The minimum atomic E-state index is -0.794. The quantitative estimate of drug-likeness (QED) is 0.446. The zero-order valence-electron chi connectivity index (χ0n) is 18.9. The maximum absolute atomic E-state index is 13.5. The molecule has 0 saturated heterocycles. The molecule has 1 aliphatic rings. The molecule has 0 amide bonds. The monoisotopic (exact) mass is 448 g/mol. The third-order valence-electron chi connectivity index (χ3n) is 6.60. The third kappa shape index (κ3) is 7.19. The number of nitrogens with zero attached hydrogens (tertiary/aromatic N) is 1. The molecule has 0 radical (unpaired) electrons. The summed E-state index contributed by atoms with van der Waals surface area (Å²) >= 11 is 0. The number of nitrogens with one attached hydrogen (secondary N) is 1. The van der Waals surface area contributed by atoms with Gasteiger partial charge in [-0.1, -0.05) is 60.7 Å². The Hall–Kier alpha value is -2.60. The molecule has 1 saturated carbocycles. The van der Waals surface area contributed by atoms with Gasteiger partial charge >= 0.3 is 0 Å². The van der Waals surface area contributed by atoms with Crippen LogP contribution in [-0.2, 0) is 17.8 Å². The molecule has 174 valence electrons. The number of aromatic nitrogens is 1. The van der Waals surface area contributed by atoms with Gasteiger partial charge in [-0.15, -0.1) is 0 Å². The Balaban J connectivity index is 1.33.